The molecule has 3 nitrogen and oxygen atoms in total. The van der Waals surface area contributed by atoms with E-state index in [1.807, 2.05) is 40.8 Å². The predicted octanol–water partition coefficient (Wildman–Crippen LogP) is 4.73. The molecule has 0 aromatic rings. The van der Waals surface area contributed by atoms with E-state index < -0.39 is 0 Å². The quantitative estimate of drug-likeness (QED) is 0.589. The molecule has 0 unspecified atom stereocenters. The number of rotatable bonds is 2. The van der Waals surface area contributed by atoms with Gasteiger partial charge in [-0.15, -0.1) is 0 Å². The maximum atomic E-state index is 9.50. The molecule has 0 aliphatic heterocycles. The Labute approximate surface area is 128 Å². The van der Waals surface area contributed by atoms with Crippen LogP contribution in [0, 0.1) is 11.8 Å². The summed E-state index contributed by atoms with van der Waals surface area (Å²) in [5.74, 6) is 0.777. The second-order valence-electron chi connectivity index (χ2n) is 7.44. The summed E-state index contributed by atoms with van der Waals surface area (Å²) in [4.78, 5) is 13.8. The number of aliphatic imine (C=N–C) groups is 1. The van der Waals surface area contributed by atoms with E-state index >= 15 is 0 Å². The summed E-state index contributed by atoms with van der Waals surface area (Å²) >= 11 is 0. The van der Waals surface area contributed by atoms with Gasteiger partial charge in [-0.1, -0.05) is 35.1 Å². The summed E-state index contributed by atoms with van der Waals surface area (Å²) in [5.41, 5.74) is 5.46. The van der Waals surface area contributed by atoms with E-state index in [4.69, 9.17) is 5.73 Å². The lowest BCUT2D eigenvalue weighted by atomic mass is 10.1. The van der Waals surface area contributed by atoms with E-state index in [0.29, 0.717) is 5.92 Å². The van der Waals surface area contributed by atoms with E-state index in [1.54, 1.807) is 0 Å². The highest BCUT2D eigenvalue weighted by Gasteiger charge is 2.04. The fourth-order valence-electron chi connectivity index (χ4n) is 0.373. The lowest BCUT2D eigenvalue weighted by Crippen LogP contribution is -2.26. The second kappa shape index (κ2) is 13.3. The summed E-state index contributed by atoms with van der Waals surface area (Å²) < 4.78 is 0. The van der Waals surface area contributed by atoms with Crippen molar-refractivity contribution in [2.24, 2.45) is 22.6 Å². The molecule has 0 bridgehead atoms. The highest BCUT2D eigenvalue weighted by Crippen LogP contribution is 2.05. The third-order valence-electron chi connectivity index (χ3n) is 1.03. The molecule has 124 valence electrons. The van der Waals surface area contributed by atoms with Crippen molar-refractivity contribution in [1.29, 1.82) is 0 Å². The van der Waals surface area contributed by atoms with E-state index in [1.165, 1.54) is 0 Å². The number of carbonyl (C=O) groups is 1. The van der Waals surface area contributed by atoms with Crippen LogP contribution in [0.2, 0.25) is 0 Å². The first-order chi connectivity index (χ1) is 8.19. The van der Waals surface area contributed by atoms with Crippen LogP contribution in [0.25, 0.3) is 0 Å². The molecule has 0 aromatic carbocycles. The second-order valence-corrected chi connectivity index (χ2v) is 7.44. The lowest BCUT2D eigenvalue weighted by Gasteiger charge is -2.11. The minimum atomic E-state index is 0. The Morgan fingerprint density at radius 1 is 0.900 bits per heavy atom. The first-order valence-electron chi connectivity index (χ1n) is 6.98. The van der Waals surface area contributed by atoms with Gasteiger partial charge >= 0.3 is 0 Å². The Bertz CT molecular complexity index is 224. The smallest absolute Gasteiger partial charge is 0.122 e. The van der Waals surface area contributed by atoms with Crippen molar-refractivity contribution in [2.45, 2.75) is 87.7 Å². The molecular weight excluding hydrogens is 248 g/mol. The summed E-state index contributed by atoms with van der Waals surface area (Å²) in [6, 6.07) is 0. The van der Waals surface area contributed by atoms with E-state index in [0.717, 1.165) is 6.29 Å². The fourth-order valence-corrected chi connectivity index (χ4v) is 0.373. The SMILES string of the molecule is C.CC(C)(C)N.CC(C)C=NC(C)(C)C.CC(C)C=O. The molecular formula is C17H40N2O. The van der Waals surface area contributed by atoms with Crippen LogP contribution in [0.1, 0.15) is 76.7 Å². The molecule has 0 saturated carbocycles. The zero-order valence-corrected chi connectivity index (χ0v) is 14.7. The average molecular weight is 289 g/mol. The summed E-state index contributed by atoms with van der Waals surface area (Å²) in [7, 11) is 0. The van der Waals surface area contributed by atoms with Crippen molar-refractivity contribution in [3.8, 4) is 0 Å². The van der Waals surface area contributed by atoms with Crippen LogP contribution >= 0.6 is 0 Å². The number of nitrogens with two attached hydrogens (primary N) is 1. The molecule has 0 aliphatic carbocycles. The molecule has 0 saturated heterocycles. The molecule has 0 aliphatic rings. The maximum absolute atomic E-state index is 9.50. The van der Waals surface area contributed by atoms with E-state index in [2.05, 4.69) is 39.6 Å². The van der Waals surface area contributed by atoms with Gasteiger partial charge in [0.25, 0.3) is 0 Å². The normalized spacial score (nSPS) is 11.2. The van der Waals surface area contributed by atoms with Gasteiger partial charge in [-0.25, -0.2) is 0 Å². The van der Waals surface area contributed by atoms with Gasteiger partial charge in [0.2, 0.25) is 0 Å². The van der Waals surface area contributed by atoms with E-state index in [9.17, 15) is 4.79 Å². The van der Waals surface area contributed by atoms with Gasteiger partial charge in [0.1, 0.15) is 6.29 Å². The molecule has 20 heavy (non-hydrogen) atoms. The number of hydrogen-bond donors (Lipinski definition) is 1. The standard InChI is InChI=1S/C8H17N.C4H11N.C4H8O.CH4/c1-7(2)6-9-8(3,4)5;1-4(2,3)5;1-4(2)3-5;/h6-7H,1-5H3;5H2,1-3H3;3-4H,1-2H3;1H4. The zero-order chi connectivity index (χ0) is 16.3. The summed E-state index contributed by atoms with van der Waals surface area (Å²) in [6.45, 7) is 20.2. The highest BCUT2D eigenvalue weighted by atomic mass is 16.1. The first-order valence-corrected chi connectivity index (χ1v) is 6.98. The van der Waals surface area contributed by atoms with Crippen LogP contribution in [0.15, 0.2) is 4.99 Å². The predicted molar refractivity (Wildman–Crippen MR) is 94.7 cm³/mol. The Kier molecular flexibility index (Phi) is 18.3. The maximum Gasteiger partial charge on any atom is 0.122 e. The molecule has 0 fully saturated rings. The van der Waals surface area contributed by atoms with Crippen molar-refractivity contribution >= 4 is 12.5 Å². The van der Waals surface area contributed by atoms with Crippen molar-refractivity contribution in [2.75, 3.05) is 0 Å². The van der Waals surface area contributed by atoms with Crippen LogP contribution < -0.4 is 5.73 Å². The summed E-state index contributed by atoms with van der Waals surface area (Å²) in [6.07, 6.45) is 2.92. The largest absolute Gasteiger partial charge is 0.326 e. The minimum Gasteiger partial charge on any atom is -0.326 e. The van der Waals surface area contributed by atoms with Crippen LogP contribution in [0.5, 0.6) is 0 Å². The third-order valence-corrected chi connectivity index (χ3v) is 1.03. The molecule has 0 heterocycles. The molecule has 0 amide bonds. The number of carbonyl (C=O) groups excluding carboxylic acids is 1. The van der Waals surface area contributed by atoms with Crippen molar-refractivity contribution in [3.63, 3.8) is 0 Å². The van der Waals surface area contributed by atoms with Crippen molar-refractivity contribution in [3.05, 3.63) is 0 Å². The van der Waals surface area contributed by atoms with Crippen LogP contribution in [0.4, 0.5) is 0 Å². The fraction of sp³-hybridized carbons (Fsp3) is 0.882. The highest BCUT2D eigenvalue weighted by molar-refractivity contribution is 5.60. The number of hydrogen-bond acceptors (Lipinski definition) is 3. The Balaban J connectivity index is -0.000000101. The molecule has 0 radical (unpaired) electrons. The minimum absolute atomic E-state index is 0. The van der Waals surface area contributed by atoms with E-state index in [-0.39, 0.29) is 24.4 Å². The molecule has 0 spiro atoms. The molecule has 0 rings (SSSR count). The topological polar surface area (TPSA) is 55.4 Å². The Hall–Kier alpha value is -0.700. The van der Waals surface area contributed by atoms with Gasteiger partial charge in [0.15, 0.2) is 0 Å². The van der Waals surface area contributed by atoms with Gasteiger partial charge < -0.3 is 10.5 Å². The zero-order valence-electron chi connectivity index (χ0n) is 14.7. The average Bonchev–Trinajstić information content (AvgIpc) is 2.12. The molecule has 0 atom stereocenters. The monoisotopic (exact) mass is 288 g/mol. The Morgan fingerprint density at radius 3 is 1.20 bits per heavy atom. The summed E-state index contributed by atoms with van der Waals surface area (Å²) in [5, 5.41) is 0. The molecule has 0 aromatic heterocycles. The van der Waals surface area contributed by atoms with Crippen molar-refractivity contribution in [1.82, 2.24) is 0 Å². The van der Waals surface area contributed by atoms with Crippen LogP contribution in [-0.4, -0.2) is 23.6 Å². The van der Waals surface area contributed by atoms with Gasteiger partial charge in [-0.3, -0.25) is 4.99 Å². The third kappa shape index (κ3) is 86.3. The van der Waals surface area contributed by atoms with Gasteiger partial charge in [-0.2, -0.15) is 0 Å². The van der Waals surface area contributed by atoms with Crippen LogP contribution in [0.3, 0.4) is 0 Å². The number of aldehydes is 1. The molecule has 2 N–H and O–H groups in total. The van der Waals surface area contributed by atoms with Gasteiger partial charge in [-0.05, 0) is 47.5 Å². The molecule has 3 heteroatoms. The van der Waals surface area contributed by atoms with Gasteiger partial charge in [0.05, 0.1) is 5.54 Å². The number of nitrogens with zero attached hydrogens (tertiary/aromatic N) is 1. The van der Waals surface area contributed by atoms with Gasteiger partial charge in [0, 0.05) is 17.7 Å². The Morgan fingerprint density at radius 2 is 1.15 bits per heavy atom. The van der Waals surface area contributed by atoms with Crippen LogP contribution in [-0.2, 0) is 4.79 Å². The van der Waals surface area contributed by atoms with Crippen molar-refractivity contribution < 1.29 is 4.79 Å². The lowest BCUT2D eigenvalue weighted by molar-refractivity contribution is -0.110. The first kappa shape index (κ1) is 27.6.